The molecule has 1 saturated heterocycles. The molecule has 0 aliphatic carbocycles. The van der Waals surface area contributed by atoms with E-state index in [1.54, 1.807) is 0 Å². The Morgan fingerprint density at radius 1 is 1.24 bits per heavy atom. The third-order valence-electron chi connectivity index (χ3n) is 3.08. The molecule has 1 aliphatic rings. The Balaban J connectivity index is 2.15. The van der Waals surface area contributed by atoms with Crippen LogP contribution in [0.1, 0.15) is 12.8 Å². The summed E-state index contributed by atoms with van der Waals surface area (Å²) in [6.45, 7) is 0.751. The summed E-state index contributed by atoms with van der Waals surface area (Å²) >= 11 is 3.38. The number of nitrogens with zero attached hydrogens (tertiary/aromatic N) is 1. The standard InChI is InChI=1S/C12H13BrF3N/c13-10-5-1-2-6-11(10)17-7-3-4-9(8-17)12(14,15)16/h1-2,5-6,9H,3-4,7-8H2. The van der Waals surface area contributed by atoms with Crippen LogP contribution in [0.2, 0.25) is 0 Å². The monoisotopic (exact) mass is 307 g/mol. The molecule has 1 aromatic carbocycles. The summed E-state index contributed by atoms with van der Waals surface area (Å²) in [4.78, 5) is 1.81. The number of piperidine rings is 1. The highest BCUT2D eigenvalue weighted by atomic mass is 79.9. The molecule has 1 aromatic rings. The first-order valence-corrected chi connectivity index (χ1v) is 6.34. The lowest BCUT2D eigenvalue weighted by atomic mass is 9.97. The van der Waals surface area contributed by atoms with Crippen molar-refractivity contribution in [3.63, 3.8) is 0 Å². The number of para-hydroxylation sites is 1. The zero-order chi connectivity index (χ0) is 12.5. The van der Waals surface area contributed by atoms with E-state index in [2.05, 4.69) is 15.9 Å². The van der Waals surface area contributed by atoms with Gasteiger partial charge in [-0.1, -0.05) is 12.1 Å². The second-order valence-electron chi connectivity index (χ2n) is 4.28. The Morgan fingerprint density at radius 2 is 1.94 bits per heavy atom. The van der Waals surface area contributed by atoms with Crippen LogP contribution in [0.5, 0.6) is 0 Å². The van der Waals surface area contributed by atoms with Crippen molar-refractivity contribution in [2.75, 3.05) is 18.0 Å². The highest BCUT2D eigenvalue weighted by Crippen LogP contribution is 2.36. The van der Waals surface area contributed by atoms with Crippen LogP contribution in [-0.4, -0.2) is 19.3 Å². The molecule has 0 bridgehead atoms. The van der Waals surface area contributed by atoms with Gasteiger partial charge in [-0.05, 0) is 40.9 Å². The van der Waals surface area contributed by atoms with Gasteiger partial charge in [0.15, 0.2) is 0 Å². The van der Waals surface area contributed by atoms with E-state index in [1.165, 1.54) is 0 Å². The summed E-state index contributed by atoms with van der Waals surface area (Å²) in [5.74, 6) is -1.21. The van der Waals surface area contributed by atoms with Crippen molar-refractivity contribution in [2.45, 2.75) is 19.0 Å². The van der Waals surface area contributed by atoms with Crippen molar-refractivity contribution in [3.8, 4) is 0 Å². The number of hydrogen-bond acceptors (Lipinski definition) is 1. The average Bonchev–Trinajstić information content (AvgIpc) is 2.29. The maximum atomic E-state index is 12.7. The van der Waals surface area contributed by atoms with E-state index >= 15 is 0 Å². The normalized spacial score (nSPS) is 21.6. The lowest BCUT2D eigenvalue weighted by Crippen LogP contribution is -2.41. The summed E-state index contributed by atoms with van der Waals surface area (Å²) in [5, 5.41) is 0. The highest BCUT2D eigenvalue weighted by Gasteiger charge is 2.41. The molecule has 0 saturated carbocycles. The summed E-state index contributed by atoms with van der Waals surface area (Å²) < 4.78 is 38.9. The third-order valence-corrected chi connectivity index (χ3v) is 3.75. The second kappa shape index (κ2) is 4.88. The lowest BCUT2D eigenvalue weighted by Gasteiger charge is -2.35. The molecule has 1 heterocycles. The van der Waals surface area contributed by atoms with Crippen molar-refractivity contribution in [2.24, 2.45) is 5.92 Å². The van der Waals surface area contributed by atoms with Crippen LogP contribution >= 0.6 is 15.9 Å². The van der Waals surface area contributed by atoms with Crippen LogP contribution < -0.4 is 4.90 Å². The molecule has 94 valence electrons. The van der Waals surface area contributed by atoms with Gasteiger partial charge in [0.2, 0.25) is 0 Å². The number of alkyl halides is 3. The van der Waals surface area contributed by atoms with Gasteiger partial charge in [-0.15, -0.1) is 0 Å². The molecule has 1 unspecified atom stereocenters. The lowest BCUT2D eigenvalue weighted by molar-refractivity contribution is -0.175. The van der Waals surface area contributed by atoms with Crippen molar-refractivity contribution < 1.29 is 13.2 Å². The number of anilines is 1. The van der Waals surface area contributed by atoms with Gasteiger partial charge in [0, 0.05) is 17.6 Å². The fraction of sp³-hybridized carbons (Fsp3) is 0.500. The SMILES string of the molecule is FC(F)(F)C1CCCN(c2ccccc2Br)C1. The van der Waals surface area contributed by atoms with Gasteiger partial charge in [0.25, 0.3) is 0 Å². The fourth-order valence-corrected chi connectivity index (χ4v) is 2.71. The average molecular weight is 308 g/mol. The largest absolute Gasteiger partial charge is 0.393 e. The van der Waals surface area contributed by atoms with Gasteiger partial charge in [-0.2, -0.15) is 13.2 Å². The smallest absolute Gasteiger partial charge is 0.370 e. The van der Waals surface area contributed by atoms with Gasteiger partial charge in [0.05, 0.1) is 11.6 Å². The zero-order valence-electron chi connectivity index (χ0n) is 9.17. The predicted octanol–water partition coefficient (Wildman–Crippen LogP) is 4.23. The number of hydrogen-bond donors (Lipinski definition) is 0. The second-order valence-corrected chi connectivity index (χ2v) is 5.13. The third kappa shape index (κ3) is 2.94. The quantitative estimate of drug-likeness (QED) is 0.750. The van der Waals surface area contributed by atoms with E-state index in [9.17, 15) is 13.2 Å². The molecule has 2 rings (SSSR count). The highest BCUT2D eigenvalue weighted by molar-refractivity contribution is 9.10. The number of benzene rings is 1. The molecule has 0 aromatic heterocycles. The van der Waals surface area contributed by atoms with Gasteiger partial charge in [-0.25, -0.2) is 0 Å². The van der Waals surface area contributed by atoms with Crippen LogP contribution in [-0.2, 0) is 0 Å². The molecule has 0 N–H and O–H groups in total. The predicted molar refractivity (Wildman–Crippen MR) is 65.1 cm³/mol. The molecule has 0 spiro atoms. The summed E-state index contributed by atoms with van der Waals surface area (Å²) in [6, 6.07) is 7.41. The Hall–Kier alpha value is -0.710. The Bertz CT molecular complexity index is 392. The van der Waals surface area contributed by atoms with Gasteiger partial charge in [-0.3, -0.25) is 0 Å². The molecular weight excluding hydrogens is 295 g/mol. The van der Waals surface area contributed by atoms with E-state index < -0.39 is 12.1 Å². The van der Waals surface area contributed by atoms with Crippen LogP contribution in [0, 0.1) is 5.92 Å². The summed E-state index contributed by atoms with van der Waals surface area (Å²) in [5.41, 5.74) is 0.849. The van der Waals surface area contributed by atoms with Crippen LogP contribution in [0.3, 0.4) is 0 Å². The minimum absolute atomic E-state index is 0.0616. The maximum Gasteiger partial charge on any atom is 0.393 e. The van der Waals surface area contributed by atoms with Crippen molar-refractivity contribution in [1.29, 1.82) is 0 Å². The van der Waals surface area contributed by atoms with E-state index in [0.717, 1.165) is 10.2 Å². The Morgan fingerprint density at radius 3 is 2.59 bits per heavy atom. The van der Waals surface area contributed by atoms with Crippen LogP contribution in [0.25, 0.3) is 0 Å². The molecular formula is C12H13BrF3N. The van der Waals surface area contributed by atoms with E-state index in [-0.39, 0.29) is 13.0 Å². The minimum Gasteiger partial charge on any atom is -0.370 e. The molecule has 1 aliphatic heterocycles. The fourth-order valence-electron chi connectivity index (χ4n) is 2.17. The van der Waals surface area contributed by atoms with Gasteiger partial charge in [0.1, 0.15) is 0 Å². The van der Waals surface area contributed by atoms with Crippen LogP contribution in [0.15, 0.2) is 28.7 Å². The van der Waals surface area contributed by atoms with E-state index in [4.69, 9.17) is 0 Å². The zero-order valence-corrected chi connectivity index (χ0v) is 10.8. The van der Waals surface area contributed by atoms with Gasteiger partial charge < -0.3 is 4.90 Å². The molecule has 17 heavy (non-hydrogen) atoms. The van der Waals surface area contributed by atoms with Crippen molar-refractivity contribution >= 4 is 21.6 Å². The molecule has 5 heteroatoms. The number of rotatable bonds is 1. The number of halogens is 4. The minimum atomic E-state index is -4.08. The Labute approximate surface area is 107 Å². The van der Waals surface area contributed by atoms with Gasteiger partial charge >= 0.3 is 6.18 Å². The molecule has 1 nitrogen and oxygen atoms in total. The van der Waals surface area contributed by atoms with E-state index in [1.807, 2.05) is 29.2 Å². The molecule has 0 radical (unpaired) electrons. The molecule has 1 fully saturated rings. The van der Waals surface area contributed by atoms with E-state index in [0.29, 0.717) is 13.0 Å². The maximum absolute atomic E-state index is 12.7. The molecule has 1 atom stereocenters. The first-order valence-electron chi connectivity index (χ1n) is 5.54. The summed E-state index contributed by atoms with van der Waals surface area (Å²) in [7, 11) is 0. The topological polar surface area (TPSA) is 3.24 Å². The van der Waals surface area contributed by atoms with Crippen LogP contribution in [0.4, 0.5) is 18.9 Å². The Kier molecular flexibility index (Phi) is 3.66. The molecule has 0 amide bonds. The summed E-state index contributed by atoms with van der Waals surface area (Å²) in [6.07, 6.45) is -3.25. The first kappa shape index (κ1) is 12.7. The van der Waals surface area contributed by atoms with Crippen molar-refractivity contribution in [3.05, 3.63) is 28.7 Å². The first-order chi connectivity index (χ1) is 7.98. The van der Waals surface area contributed by atoms with Crippen molar-refractivity contribution in [1.82, 2.24) is 0 Å².